The molecule has 1 atom stereocenters. The van der Waals surface area contributed by atoms with Crippen molar-refractivity contribution in [1.29, 1.82) is 0 Å². The van der Waals surface area contributed by atoms with E-state index in [-0.39, 0.29) is 28.8 Å². The van der Waals surface area contributed by atoms with Gasteiger partial charge in [0.1, 0.15) is 11.4 Å². The van der Waals surface area contributed by atoms with Crippen molar-refractivity contribution in [2.75, 3.05) is 13.1 Å². The van der Waals surface area contributed by atoms with E-state index in [2.05, 4.69) is 0 Å². The highest BCUT2D eigenvalue weighted by atomic mass is 35.5. The van der Waals surface area contributed by atoms with Gasteiger partial charge in [0.25, 0.3) is 0 Å². The number of ether oxygens (including phenoxy) is 1. The van der Waals surface area contributed by atoms with Gasteiger partial charge in [-0.2, -0.15) is 0 Å². The molecule has 1 heterocycles. The maximum absolute atomic E-state index is 13.3. The Labute approximate surface area is 134 Å². The summed E-state index contributed by atoms with van der Waals surface area (Å²) < 4.78 is 18.6. The molecule has 22 heavy (non-hydrogen) atoms. The molecule has 0 N–H and O–H groups in total. The molecule has 0 unspecified atom stereocenters. The first-order valence-corrected chi connectivity index (χ1v) is 7.52. The Kier molecular flexibility index (Phi) is 4.75. The fourth-order valence-electron chi connectivity index (χ4n) is 2.40. The SMILES string of the molecule is CC(C)(C)OC(=O)N1CC[C@@H](C(=O)c2cc(F)cc(Cl)c2)C1. The van der Waals surface area contributed by atoms with Gasteiger partial charge < -0.3 is 9.64 Å². The Bertz CT molecular complexity index is 577. The quantitative estimate of drug-likeness (QED) is 0.773. The van der Waals surface area contributed by atoms with Crippen molar-refractivity contribution < 1.29 is 18.7 Å². The number of benzene rings is 1. The first-order chi connectivity index (χ1) is 10.2. The summed E-state index contributed by atoms with van der Waals surface area (Å²) in [5, 5.41) is 0.186. The third-order valence-corrected chi connectivity index (χ3v) is 3.58. The smallest absolute Gasteiger partial charge is 0.410 e. The van der Waals surface area contributed by atoms with Gasteiger partial charge >= 0.3 is 6.09 Å². The largest absolute Gasteiger partial charge is 0.444 e. The number of Topliss-reactive ketones (excluding diaryl/α,β-unsaturated/α-hetero) is 1. The van der Waals surface area contributed by atoms with E-state index in [1.165, 1.54) is 17.0 Å². The third kappa shape index (κ3) is 4.19. The van der Waals surface area contributed by atoms with Gasteiger partial charge in [0, 0.05) is 29.6 Å². The number of likely N-dealkylation sites (tertiary alicyclic amines) is 1. The van der Waals surface area contributed by atoms with Crippen LogP contribution in [0.5, 0.6) is 0 Å². The van der Waals surface area contributed by atoms with Crippen LogP contribution in [0.4, 0.5) is 9.18 Å². The number of ketones is 1. The highest BCUT2D eigenvalue weighted by Crippen LogP contribution is 2.24. The molecule has 6 heteroatoms. The van der Waals surface area contributed by atoms with Crippen LogP contribution in [0.1, 0.15) is 37.6 Å². The molecular weight excluding hydrogens is 309 g/mol. The Hall–Kier alpha value is -1.62. The minimum Gasteiger partial charge on any atom is -0.444 e. The molecule has 0 spiro atoms. The van der Waals surface area contributed by atoms with Crippen molar-refractivity contribution in [3.8, 4) is 0 Å². The molecule has 4 nitrogen and oxygen atoms in total. The van der Waals surface area contributed by atoms with Crippen LogP contribution in [-0.2, 0) is 4.74 Å². The highest BCUT2D eigenvalue weighted by Gasteiger charge is 2.33. The van der Waals surface area contributed by atoms with E-state index < -0.39 is 17.5 Å². The van der Waals surface area contributed by atoms with Crippen molar-refractivity contribution in [2.45, 2.75) is 32.8 Å². The summed E-state index contributed by atoms with van der Waals surface area (Å²) in [5.41, 5.74) is -0.337. The van der Waals surface area contributed by atoms with Gasteiger partial charge in [0.2, 0.25) is 0 Å². The van der Waals surface area contributed by atoms with Crippen LogP contribution < -0.4 is 0 Å². The zero-order valence-corrected chi connectivity index (χ0v) is 13.6. The van der Waals surface area contributed by atoms with Crippen molar-refractivity contribution in [3.63, 3.8) is 0 Å². The lowest BCUT2D eigenvalue weighted by Gasteiger charge is -2.24. The number of halogens is 2. The summed E-state index contributed by atoms with van der Waals surface area (Å²) in [6, 6.07) is 3.77. The van der Waals surface area contributed by atoms with Crippen LogP contribution in [0.2, 0.25) is 5.02 Å². The number of rotatable bonds is 2. The Balaban J connectivity index is 2.03. The van der Waals surface area contributed by atoms with Crippen LogP contribution in [0.15, 0.2) is 18.2 Å². The molecule has 0 aromatic heterocycles. The van der Waals surface area contributed by atoms with Crippen LogP contribution in [0.3, 0.4) is 0 Å². The minimum atomic E-state index is -0.574. The minimum absolute atomic E-state index is 0.186. The highest BCUT2D eigenvalue weighted by molar-refractivity contribution is 6.31. The van der Waals surface area contributed by atoms with E-state index in [1.54, 1.807) is 20.8 Å². The van der Waals surface area contributed by atoms with Gasteiger partial charge in [-0.05, 0) is 45.4 Å². The molecule has 1 fully saturated rings. The standard InChI is InChI=1S/C16H19ClFNO3/c1-16(2,3)22-15(21)19-5-4-10(9-19)14(20)11-6-12(17)8-13(18)7-11/h6-8,10H,4-5,9H2,1-3H3/t10-/m1/s1. The molecule has 0 radical (unpaired) electrons. The molecule has 1 aliphatic rings. The molecule has 1 aromatic rings. The summed E-state index contributed by atoms with van der Waals surface area (Å²) >= 11 is 5.78. The zero-order chi connectivity index (χ0) is 16.5. The fraction of sp³-hybridized carbons (Fsp3) is 0.500. The number of hydrogen-bond donors (Lipinski definition) is 0. The number of nitrogens with zero attached hydrogens (tertiary/aromatic N) is 1. The number of hydrogen-bond acceptors (Lipinski definition) is 3. The predicted molar refractivity (Wildman–Crippen MR) is 81.7 cm³/mol. The van der Waals surface area contributed by atoms with Gasteiger partial charge in [-0.15, -0.1) is 0 Å². The monoisotopic (exact) mass is 327 g/mol. The summed E-state index contributed by atoms with van der Waals surface area (Å²) in [5.74, 6) is -1.10. The van der Waals surface area contributed by atoms with E-state index in [9.17, 15) is 14.0 Å². The van der Waals surface area contributed by atoms with Crippen molar-refractivity contribution >= 4 is 23.5 Å². The van der Waals surface area contributed by atoms with Gasteiger partial charge in [-0.3, -0.25) is 4.79 Å². The fourth-order valence-corrected chi connectivity index (χ4v) is 2.62. The number of carbonyl (C=O) groups excluding carboxylic acids is 2. The molecule has 0 bridgehead atoms. The lowest BCUT2D eigenvalue weighted by molar-refractivity contribution is 0.0289. The maximum atomic E-state index is 13.3. The molecule has 2 rings (SSSR count). The maximum Gasteiger partial charge on any atom is 0.410 e. The average molecular weight is 328 g/mol. The lowest BCUT2D eigenvalue weighted by atomic mass is 9.97. The zero-order valence-electron chi connectivity index (χ0n) is 12.9. The molecule has 1 aliphatic heterocycles. The molecule has 1 saturated heterocycles. The van der Waals surface area contributed by atoms with E-state index in [1.807, 2.05) is 0 Å². The second-order valence-corrected chi connectivity index (χ2v) is 6.87. The lowest BCUT2D eigenvalue weighted by Crippen LogP contribution is -2.35. The Morgan fingerprint density at radius 1 is 1.32 bits per heavy atom. The molecular formula is C16H19ClFNO3. The topological polar surface area (TPSA) is 46.6 Å². The molecule has 1 aromatic carbocycles. The Morgan fingerprint density at radius 3 is 2.59 bits per heavy atom. The second kappa shape index (κ2) is 6.24. The normalized spacial score (nSPS) is 18.4. The van der Waals surface area contributed by atoms with Crippen LogP contribution in [0, 0.1) is 11.7 Å². The van der Waals surface area contributed by atoms with Gasteiger partial charge in [-0.25, -0.2) is 9.18 Å². The first kappa shape index (κ1) is 16.7. The van der Waals surface area contributed by atoms with E-state index in [4.69, 9.17) is 16.3 Å². The van der Waals surface area contributed by atoms with Crippen molar-refractivity contribution in [3.05, 3.63) is 34.6 Å². The van der Waals surface area contributed by atoms with E-state index >= 15 is 0 Å². The van der Waals surface area contributed by atoms with Gasteiger partial charge in [0.05, 0.1) is 0 Å². The number of carbonyl (C=O) groups is 2. The van der Waals surface area contributed by atoms with Crippen molar-refractivity contribution in [2.24, 2.45) is 5.92 Å². The van der Waals surface area contributed by atoms with Crippen LogP contribution in [-0.4, -0.2) is 35.5 Å². The predicted octanol–water partition coefficient (Wildman–Crippen LogP) is 3.92. The molecule has 1 amide bonds. The summed E-state index contributed by atoms with van der Waals surface area (Å²) in [7, 11) is 0. The molecule has 120 valence electrons. The van der Waals surface area contributed by atoms with Gasteiger partial charge in [-0.1, -0.05) is 11.6 Å². The van der Waals surface area contributed by atoms with Crippen molar-refractivity contribution in [1.82, 2.24) is 4.90 Å². The summed E-state index contributed by atoms with van der Waals surface area (Å²) in [6.45, 7) is 6.10. The Morgan fingerprint density at radius 2 is 2.00 bits per heavy atom. The van der Waals surface area contributed by atoms with Gasteiger partial charge in [0.15, 0.2) is 5.78 Å². The number of amides is 1. The average Bonchev–Trinajstić information content (AvgIpc) is 2.84. The van der Waals surface area contributed by atoms with Crippen LogP contribution >= 0.6 is 11.6 Å². The van der Waals surface area contributed by atoms with Crippen LogP contribution in [0.25, 0.3) is 0 Å². The van der Waals surface area contributed by atoms with E-state index in [0.29, 0.717) is 13.0 Å². The third-order valence-electron chi connectivity index (χ3n) is 3.36. The molecule has 0 aliphatic carbocycles. The van der Waals surface area contributed by atoms with E-state index in [0.717, 1.165) is 6.07 Å². The second-order valence-electron chi connectivity index (χ2n) is 6.43. The first-order valence-electron chi connectivity index (χ1n) is 7.14. The summed E-state index contributed by atoms with van der Waals surface area (Å²) in [4.78, 5) is 25.9. The summed E-state index contributed by atoms with van der Waals surface area (Å²) in [6.07, 6.45) is 0.103. The molecule has 0 saturated carbocycles.